The molecule has 0 aliphatic carbocycles. The van der Waals surface area contributed by atoms with E-state index in [2.05, 4.69) is 16.0 Å². The van der Waals surface area contributed by atoms with Gasteiger partial charge in [0.25, 0.3) is 0 Å². The molecular formula is C17H18N4O2S. The van der Waals surface area contributed by atoms with Gasteiger partial charge in [0.2, 0.25) is 5.78 Å². The number of carboxylic acid groups (broad SMARTS) is 1. The van der Waals surface area contributed by atoms with E-state index in [4.69, 9.17) is 4.98 Å². The van der Waals surface area contributed by atoms with E-state index in [1.807, 2.05) is 28.1 Å². The van der Waals surface area contributed by atoms with Crippen molar-refractivity contribution in [3.8, 4) is 10.6 Å². The van der Waals surface area contributed by atoms with Gasteiger partial charge in [-0.3, -0.25) is 14.1 Å². The summed E-state index contributed by atoms with van der Waals surface area (Å²) in [7, 11) is 0. The first-order valence-electron chi connectivity index (χ1n) is 8.03. The molecule has 0 saturated carbocycles. The fraction of sp³-hybridized carbons (Fsp3) is 0.353. The van der Waals surface area contributed by atoms with Gasteiger partial charge < -0.3 is 5.11 Å². The molecule has 3 aromatic heterocycles. The maximum Gasteiger partial charge on any atom is 0.307 e. The predicted octanol–water partition coefficient (Wildman–Crippen LogP) is 2.75. The van der Waals surface area contributed by atoms with Crippen molar-refractivity contribution < 1.29 is 9.90 Å². The van der Waals surface area contributed by atoms with Crippen LogP contribution in [0.4, 0.5) is 0 Å². The van der Waals surface area contributed by atoms with Gasteiger partial charge in [0.05, 0.1) is 16.5 Å². The first kappa shape index (κ1) is 15.3. The predicted molar refractivity (Wildman–Crippen MR) is 91.9 cm³/mol. The van der Waals surface area contributed by atoms with E-state index in [0.717, 1.165) is 35.7 Å². The molecule has 4 rings (SSSR count). The summed E-state index contributed by atoms with van der Waals surface area (Å²) in [6.45, 7) is 2.19. The number of aromatic nitrogens is 3. The average molecular weight is 342 g/mol. The molecule has 0 spiro atoms. The summed E-state index contributed by atoms with van der Waals surface area (Å²) in [5, 5.41) is 11.3. The molecular weight excluding hydrogens is 324 g/mol. The standard InChI is InChI=1S/C17H18N4O2S/c22-16(23)12-4-1-7-20(10-12)11-13-15(14-5-2-9-24-14)19-17-18-6-3-8-21(13)17/h2-3,5-6,8-9,12H,1,4,7,10-11H2,(H,22,23)/t12-/m0/s1. The molecule has 1 aliphatic heterocycles. The Morgan fingerprint density at radius 1 is 1.42 bits per heavy atom. The molecule has 3 aromatic rings. The number of hydrogen-bond acceptors (Lipinski definition) is 5. The molecule has 124 valence electrons. The Morgan fingerprint density at radius 3 is 3.12 bits per heavy atom. The van der Waals surface area contributed by atoms with Crippen molar-refractivity contribution in [2.75, 3.05) is 13.1 Å². The lowest BCUT2D eigenvalue weighted by molar-refractivity contribution is -0.143. The van der Waals surface area contributed by atoms with E-state index in [1.54, 1.807) is 17.5 Å². The van der Waals surface area contributed by atoms with Crippen molar-refractivity contribution in [2.45, 2.75) is 19.4 Å². The first-order valence-corrected chi connectivity index (χ1v) is 8.91. The van der Waals surface area contributed by atoms with Crippen LogP contribution in [0.3, 0.4) is 0 Å². The second kappa shape index (κ2) is 6.33. The highest BCUT2D eigenvalue weighted by atomic mass is 32.1. The summed E-state index contributed by atoms with van der Waals surface area (Å²) < 4.78 is 2.01. The van der Waals surface area contributed by atoms with E-state index in [1.165, 1.54) is 0 Å². The van der Waals surface area contributed by atoms with Crippen LogP contribution in [0, 0.1) is 5.92 Å². The van der Waals surface area contributed by atoms with Gasteiger partial charge in [-0.25, -0.2) is 9.97 Å². The van der Waals surface area contributed by atoms with Crippen LogP contribution in [-0.4, -0.2) is 43.4 Å². The number of rotatable bonds is 4. The monoisotopic (exact) mass is 342 g/mol. The minimum absolute atomic E-state index is 0.277. The molecule has 0 radical (unpaired) electrons. The number of fused-ring (bicyclic) bond motifs is 1. The Bertz CT molecular complexity index is 859. The van der Waals surface area contributed by atoms with Crippen LogP contribution in [0.2, 0.25) is 0 Å². The second-order valence-corrected chi connectivity index (χ2v) is 7.03. The number of imidazole rings is 1. The molecule has 0 unspecified atom stereocenters. The Balaban J connectivity index is 1.70. The van der Waals surface area contributed by atoms with E-state index in [-0.39, 0.29) is 5.92 Å². The number of nitrogens with zero attached hydrogens (tertiary/aromatic N) is 4. The first-order chi connectivity index (χ1) is 11.7. The van der Waals surface area contributed by atoms with Crippen molar-refractivity contribution in [1.82, 2.24) is 19.3 Å². The Morgan fingerprint density at radius 2 is 2.33 bits per heavy atom. The van der Waals surface area contributed by atoms with Crippen LogP contribution in [0.1, 0.15) is 18.5 Å². The lowest BCUT2D eigenvalue weighted by atomic mass is 9.98. The Labute approximate surface area is 143 Å². The number of carbonyl (C=O) groups is 1. The van der Waals surface area contributed by atoms with E-state index in [0.29, 0.717) is 18.9 Å². The molecule has 1 N–H and O–H groups in total. The summed E-state index contributed by atoms with van der Waals surface area (Å²) in [5.74, 6) is -0.290. The van der Waals surface area contributed by atoms with Crippen LogP contribution < -0.4 is 0 Å². The van der Waals surface area contributed by atoms with Crippen LogP contribution in [0.25, 0.3) is 16.3 Å². The third-order valence-corrected chi connectivity index (χ3v) is 5.36. The smallest absolute Gasteiger partial charge is 0.307 e. The van der Waals surface area contributed by atoms with Gasteiger partial charge in [-0.2, -0.15) is 0 Å². The van der Waals surface area contributed by atoms with Crippen LogP contribution in [0.15, 0.2) is 36.0 Å². The number of hydrogen-bond donors (Lipinski definition) is 1. The number of thiophene rings is 1. The Kier molecular flexibility index (Phi) is 4.03. The summed E-state index contributed by atoms with van der Waals surface area (Å²) in [6, 6.07) is 5.97. The minimum Gasteiger partial charge on any atom is -0.481 e. The zero-order valence-corrected chi connectivity index (χ0v) is 13.9. The molecule has 1 fully saturated rings. The highest BCUT2D eigenvalue weighted by molar-refractivity contribution is 7.13. The second-order valence-electron chi connectivity index (χ2n) is 6.09. The maximum atomic E-state index is 11.3. The summed E-state index contributed by atoms with van der Waals surface area (Å²) in [5.41, 5.74) is 2.02. The molecule has 1 saturated heterocycles. The van der Waals surface area contributed by atoms with Crippen LogP contribution in [0.5, 0.6) is 0 Å². The van der Waals surface area contributed by atoms with Crippen LogP contribution in [-0.2, 0) is 11.3 Å². The SMILES string of the molecule is O=C(O)[C@H]1CCCN(Cc2c(-c3cccs3)nc3ncccn23)C1. The molecule has 4 heterocycles. The highest BCUT2D eigenvalue weighted by Gasteiger charge is 2.27. The highest BCUT2D eigenvalue weighted by Crippen LogP contribution is 2.29. The average Bonchev–Trinajstić information content (AvgIpc) is 3.23. The van der Waals surface area contributed by atoms with Gasteiger partial charge >= 0.3 is 5.97 Å². The number of piperidine rings is 1. The van der Waals surface area contributed by atoms with Gasteiger partial charge in [0.1, 0.15) is 5.69 Å². The summed E-state index contributed by atoms with van der Waals surface area (Å²) >= 11 is 1.66. The summed E-state index contributed by atoms with van der Waals surface area (Å²) in [4.78, 5) is 23.7. The molecule has 0 amide bonds. The quantitative estimate of drug-likeness (QED) is 0.789. The van der Waals surface area contributed by atoms with Crippen molar-refractivity contribution in [3.63, 3.8) is 0 Å². The maximum absolute atomic E-state index is 11.3. The van der Waals surface area contributed by atoms with Gasteiger partial charge in [-0.15, -0.1) is 11.3 Å². The fourth-order valence-electron chi connectivity index (χ4n) is 3.31. The molecule has 1 atom stereocenters. The number of likely N-dealkylation sites (tertiary alicyclic amines) is 1. The third kappa shape index (κ3) is 2.81. The van der Waals surface area contributed by atoms with Crippen LogP contribution >= 0.6 is 11.3 Å². The van der Waals surface area contributed by atoms with Crippen molar-refractivity contribution >= 4 is 23.1 Å². The van der Waals surface area contributed by atoms with Crippen molar-refractivity contribution in [3.05, 3.63) is 41.7 Å². The Hall–Kier alpha value is -2.25. The van der Waals surface area contributed by atoms with E-state index >= 15 is 0 Å². The largest absolute Gasteiger partial charge is 0.481 e. The lowest BCUT2D eigenvalue weighted by Crippen LogP contribution is -2.38. The lowest BCUT2D eigenvalue weighted by Gasteiger charge is -2.30. The van der Waals surface area contributed by atoms with Gasteiger partial charge in [-0.05, 0) is 36.9 Å². The fourth-order valence-corrected chi connectivity index (χ4v) is 4.05. The molecule has 1 aliphatic rings. The molecule has 6 nitrogen and oxygen atoms in total. The number of aliphatic carboxylic acids is 1. The van der Waals surface area contributed by atoms with Gasteiger partial charge in [0, 0.05) is 25.5 Å². The minimum atomic E-state index is -0.696. The van der Waals surface area contributed by atoms with E-state index in [9.17, 15) is 9.90 Å². The molecule has 7 heteroatoms. The molecule has 0 bridgehead atoms. The summed E-state index contributed by atoms with van der Waals surface area (Å²) in [6.07, 6.45) is 5.39. The normalized spacial score (nSPS) is 18.9. The van der Waals surface area contributed by atoms with Gasteiger partial charge in [-0.1, -0.05) is 6.07 Å². The molecule has 24 heavy (non-hydrogen) atoms. The van der Waals surface area contributed by atoms with Gasteiger partial charge in [0.15, 0.2) is 0 Å². The third-order valence-electron chi connectivity index (χ3n) is 4.49. The number of carboxylic acids is 1. The topological polar surface area (TPSA) is 70.7 Å². The zero-order valence-electron chi connectivity index (χ0n) is 13.1. The molecule has 0 aromatic carbocycles. The van der Waals surface area contributed by atoms with Crippen molar-refractivity contribution in [2.24, 2.45) is 5.92 Å². The van der Waals surface area contributed by atoms with E-state index < -0.39 is 5.97 Å². The zero-order chi connectivity index (χ0) is 16.5. The van der Waals surface area contributed by atoms with Crippen molar-refractivity contribution in [1.29, 1.82) is 0 Å².